The van der Waals surface area contributed by atoms with Gasteiger partial charge in [0.15, 0.2) is 0 Å². The van der Waals surface area contributed by atoms with E-state index in [-0.39, 0.29) is 0 Å². The third-order valence-electron chi connectivity index (χ3n) is 4.37. The fourth-order valence-electron chi connectivity index (χ4n) is 2.87. The first-order valence-corrected chi connectivity index (χ1v) is 15.0. The molecule has 4 aromatic rings. The second-order valence-electron chi connectivity index (χ2n) is 6.37. The highest BCUT2D eigenvalue weighted by Crippen LogP contribution is 1.96. The van der Waals surface area contributed by atoms with Crippen LogP contribution in [0.5, 0.6) is 0 Å². The van der Waals surface area contributed by atoms with Crippen molar-refractivity contribution in [2.75, 3.05) is 0 Å². The number of halogens is 2. The van der Waals surface area contributed by atoms with Gasteiger partial charge in [-0.05, 0) is 20.7 Å². The molecule has 0 unspecified atom stereocenters. The molecule has 0 aliphatic carbocycles. The minimum atomic E-state index is -1.45. The molecule has 28 heavy (non-hydrogen) atoms. The van der Waals surface area contributed by atoms with E-state index in [0.29, 0.717) is 0 Å². The summed E-state index contributed by atoms with van der Waals surface area (Å²) in [7, 11) is -2.89. The lowest BCUT2D eigenvalue weighted by Crippen LogP contribution is -2.36. The lowest BCUT2D eigenvalue weighted by molar-refractivity contribution is 1.74. The maximum absolute atomic E-state index is 6.47. The molecule has 0 saturated heterocycles. The average Bonchev–Trinajstić information content (AvgIpc) is 2.81. The van der Waals surface area contributed by atoms with Crippen LogP contribution in [0.25, 0.3) is 0 Å². The van der Waals surface area contributed by atoms with Gasteiger partial charge in [0, 0.05) is 0 Å². The van der Waals surface area contributed by atoms with Crippen LogP contribution in [-0.2, 0) is 0 Å². The van der Waals surface area contributed by atoms with Crippen molar-refractivity contribution in [1.29, 1.82) is 0 Å². The first-order chi connectivity index (χ1) is 13.8. The minimum absolute atomic E-state index is 1.28. The Labute approximate surface area is 180 Å². The van der Waals surface area contributed by atoms with Gasteiger partial charge in [-0.15, -0.1) is 0 Å². The Morgan fingerprint density at radius 1 is 0.321 bits per heavy atom. The molecule has 0 saturated carbocycles. The predicted molar refractivity (Wildman–Crippen MR) is 130 cm³/mol. The summed E-state index contributed by atoms with van der Waals surface area (Å²) in [5.41, 5.74) is 0. The van der Waals surface area contributed by atoms with Gasteiger partial charge in [0.05, 0.1) is 0 Å². The van der Waals surface area contributed by atoms with E-state index < -0.39 is 16.2 Å². The van der Waals surface area contributed by atoms with Crippen molar-refractivity contribution in [3.63, 3.8) is 0 Å². The van der Waals surface area contributed by atoms with E-state index in [0.717, 1.165) is 0 Å². The van der Waals surface area contributed by atoms with Gasteiger partial charge in [-0.25, -0.2) is 0 Å². The van der Waals surface area contributed by atoms with Gasteiger partial charge in [-0.3, -0.25) is 0 Å². The van der Waals surface area contributed by atoms with E-state index in [1.54, 1.807) is 0 Å². The SMILES string of the molecule is Cl[SiH](c1ccccc1)c1ccccc1.Cl[SiH](c1ccccc1)c1ccccc1. The lowest BCUT2D eigenvalue weighted by atomic mass is 10.4. The number of hydrogen-bond acceptors (Lipinski definition) is 0. The third-order valence-corrected chi connectivity index (χ3v) is 11.3. The van der Waals surface area contributed by atoms with E-state index >= 15 is 0 Å². The Kier molecular flexibility index (Phi) is 8.13. The Balaban J connectivity index is 0.000000161. The monoisotopic (exact) mass is 436 g/mol. The smallest absolute Gasteiger partial charge is 0.159 e. The predicted octanol–water partition coefficient (Wildman–Crippen LogP) is 3.53. The van der Waals surface area contributed by atoms with Gasteiger partial charge < -0.3 is 0 Å². The van der Waals surface area contributed by atoms with Crippen LogP contribution in [0.2, 0.25) is 0 Å². The highest BCUT2D eigenvalue weighted by atomic mass is 35.6. The van der Waals surface area contributed by atoms with Crippen LogP contribution in [0.1, 0.15) is 0 Å². The van der Waals surface area contributed by atoms with E-state index in [2.05, 4.69) is 48.5 Å². The zero-order valence-electron chi connectivity index (χ0n) is 15.5. The Morgan fingerprint density at radius 2 is 0.500 bits per heavy atom. The Hall–Kier alpha value is -2.11. The molecule has 0 N–H and O–H groups in total. The second kappa shape index (κ2) is 11.0. The Bertz CT molecular complexity index is 773. The van der Waals surface area contributed by atoms with Gasteiger partial charge in [0.1, 0.15) is 0 Å². The van der Waals surface area contributed by atoms with Crippen LogP contribution in [0, 0.1) is 0 Å². The summed E-state index contributed by atoms with van der Waals surface area (Å²) in [6.07, 6.45) is 0. The maximum Gasteiger partial charge on any atom is 0.201 e. The van der Waals surface area contributed by atoms with E-state index in [1.807, 2.05) is 72.8 Å². The van der Waals surface area contributed by atoms with E-state index in [9.17, 15) is 0 Å². The molecule has 0 aromatic heterocycles. The zero-order chi connectivity index (χ0) is 19.6. The molecule has 140 valence electrons. The summed E-state index contributed by atoms with van der Waals surface area (Å²) in [5.74, 6) is 0. The molecule has 0 fully saturated rings. The molecule has 0 nitrogen and oxygen atoms in total. The maximum atomic E-state index is 6.47. The van der Waals surface area contributed by atoms with Crippen molar-refractivity contribution in [2.45, 2.75) is 0 Å². The summed E-state index contributed by atoms with van der Waals surface area (Å²) in [5, 5.41) is 5.11. The van der Waals surface area contributed by atoms with Crippen molar-refractivity contribution in [3.05, 3.63) is 121 Å². The first-order valence-electron chi connectivity index (χ1n) is 9.23. The van der Waals surface area contributed by atoms with Gasteiger partial charge in [0.25, 0.3) is 0 Å². The van der Waals surface area contributed by atoms with Crippen molar-refractivity contribution < 1.29 is 0 Å². The highest BCUT2D eigenvalue weighted by Gasteiger charge is 2.12. The van der Waals surface area contributed by atoms with Crippen molar-refractivity contribution >= 4 is 59.1 Å². The first kappa shape index (κ1) is 20.6. The fourth-order valence-corrected chi connectivity index (χ4v) is 7.63. The van der Waals surface area contributed by atoms with Crippen LogP contribution in [0.4, 0.5) is 0 Å². The van der Waals surface area contributed by atoms with Gasteiger partial charge in [0.2, 0.25) is 16.2 Å². The van der Waals surface area contributed by atoms with E-state index in [1.165, 1.54) is 20.7 Å². The average molecular weight is 438 g/mol. The molecule has 4 heteroatoms. The fraction of sp³-hybridized carbons (Fsp3) is 0. The molecule has 0 spiro atoms. The number of benzene rings is 4. The molecule has 0 amide bonds. The molecule has 4 rings (SSSR count). The van der Waals surface area contributed by atoms with Crippen molar-refractivity contribution in [3.8, 4) is 0 Å². The highest BCUT2D eigenvalue weighted by molar-refractivity contribution is 7.21. The van der Waals surface area contributed by atoms with Crippen molar-refractivity contribution in [2.24, 2.45) is 0 Å². The Morgan fingerprint density at radius 3 is 0.679 bits per heavy atom. The van der Waals surface area contributed by atoms with Crippen LogP contribution in [0.15, 0.2) is 121 Å². The van der Waals surface area contributed by atoms with Crippen molar-refractivity contribution in [1.82, 2.24) is 0 Å². The molecule has 0 aliphatic rings. The standard InChI is InChI=1S/2C12H11ClSi/c2*13-14(11-7-3-1-4-8-11)12-9-5-2-6-10-12/h2*1-10,14H. The number of rotatable bonds is 4. The molecule has 0 aliphatic heterocycles. The molecule has 4 aromatic carbocycles. The summed E-state index contributed by atoms with van der Waals surface area (Å²) < 4.78 is 0. The largest absolute Gasteiger partial charge is 0.201 e. The molecular formula is C24H22Cl2Si2. The lowest BCUT2D eigenvalue weighted by Gasteiger charge is -2.07. The van der Waals surface area contributed by atoms with Gasteiger partial charge >= 0.3 is 0 Å². The molecule has 0 bridgehead atoms. The summed E-state index contributed by atoms with van der Waals surface area (Å²) in [6.45, 7) is 0. The topological polar surface area (TPSA) is 0 Å². The summed E-state index contributed by atoms with van der Waals surface area (Å²) >= 11 is 12.9. The summed E-state index contributed by atoms with van der Waals surface area (Å²) in [6, 6.07) is 41.3. The normalized spacial score (nSPS) is 10.4. The molecule has 0 atom stereocenters. The van der Waals surface area contributed by atoms with Crippen LogP contribution >= 0.6 is 22.2 Å². The third kappa shape index (κ3) is 5.95. The molecule has 0 radical (unpaired) electrons. The summed E-state index contributed by atoms with van der Waals surface area (Å²) in [4.78, 5) is 0. The number of hydrogen-bond donors (Lipinski definition) is 0. The minimum Gasteiger partial charge on any atom is -0.159 e. The zero-order valence-corrected chi connectivity index (χ0v) is 19.3. The van der Waals surface area contributed by atoms with Gasteiger partial charge in [-0.2, -0.15) is 22.2 Å². The van der Waals surface area contributed by atoms with Crippen LogP contribution in [0.3, 0.4) is 0 Å². The van der Waals surface area contributed by atoms with Gasteiger partial charge in [-0.1, -0.05) is 121 Å². The second-order valence-corrected chi connectivity index (χ2v) is 13.1. The molecule has 0 heterocycles. The molecular weight excluding hydrogens is 415 g/mol. The van der Waals surface area contributed by atoms with Crippen LogP contribution in [-0.4, -0.2) is 16.2 Å². The van der Waals surface area contributed by atoms with E-state index in [4.69, 9.17) is 22.2 Å². The van der Waals surface area contributed by atoms with Crippen LogP contribution < -0.4 is 20.7 Å². The quantitative estimate of drug-likeness (QED) is 0.339.